The quantitative estimate of drug-likeness (QED) is 0.569. The van der Waals surface area contributed by atoms with E-state index in [9.17, 15) is 0 Å². The van der Waals surface area contributed by atoms with Gasteiger partial charge in [-0.15, -0.1) is 0 Å². The fraction of sp³-hybridized carbons (Fsp3) is 0.200. The molecule has 2 aromatic rings. The minimum atomic E-state index is -2.03. The first-order valence-corrected chi connectivity index (χ1v) is 13.2. The first-order valence-electron chi connectivity index (χ1n) is 7.76. The Balaban J connectivity index is 2.20. The molecule has 21 heavy (non-hydrogen) atoms. The predicted molar refractivity (Wildman–Crippen MR) is 97.7 cm³/mol. The van der Waals surface area contributed by atoms with Crippen LogP contribution in [0.15, 0.2) is 70.5 Å². The summed E-state index contributed by atoms with van der Waals surface area (Å²) in [5.74, 6) is 0. The third kappa shape index (κ3) is 4.75. The molecule has 0 heterocycles. The summed E-state index contributed by atoms with van der Waals surface area (Å²) in [6, 6.07) is 21.3. The molecule has 0 amide bonds. The summed E-state index contributed by atoms with van der Waals surface area (Å²) in [4.78, 5) is 5.07. The number of benzene rings is 2. The van der Waals surface area contributed by atoms with Crippen LogP contribution in [0.4, 0.5) is 0 Å². The molecule has 0 fully saturated rings. The molecular weight excluding hydrogens is 313 g/mol. The van der Waals surface area contributed by atoms with Crippen LogP contribution in [0.1, 0.15) is 25.0 Å². The summed E-state index contributed by atoms with van der Waals surface area (Å²) in [5, 5.41) is 2.59. The monoisotopic (exact) mass is 338 g/mol. The normalized spacial score (nSPS) is 12.3. The van der Waals surface area contributed by atoms with Gasteiger partial charge < -0.3 is 0 Å². The van der Waals surface area contributed by atoms with Crippen molar-refractivity contribution >= 4 is 25.4 Å². The Morgan fingerprint density at radius 1 is 0.667 bits per heavy atom. The first kappa shape index (κ1) is 15.8. The molecule has 108 valence electrons. The third-order valence-electron chi connectivity index (χ3n) is 4.13. The van der Waals surface area contributed by atoms with E-state index < -0.39 is 13.3 Å². The molecule has 0 saturated heterocycles. The summed E-state index contributed by atoms with van der Waals surface area (Å²) in [5.41, 5.74) is 2.62. The molecule has 0 aliphatic rings. The van der Waals surface area contributed by atoms with Crippen molar-refractivity contribution in [3.05, 3.63) is 81.6 Å². The number of rotatable bonds is 6. The molecule has 1 heteroatoms. The van der Waals surface area contributed by atoms with E-state index >= 15 is 0 Å². The average Bonchev–Trinajstić information content (AvgIpc) is 2.58. The van der Waals surface area contributed by atoms with E-state index in [-0.39, 0.29) is 0 Å². The molecule has 0 aromatic heterocycles. The van der Waals surface area contributed by atoms with E-state index in [1.165, 1.54) is 21.6 Å². The summed E-state index contributed by atoms with van der Waals surface area (Å²) < 4.78 is 0. The van der Waals surface area contributed by atoms with E-state index in [0.717, 1.165) is 0 Å². The predicted octanol–water partition coefficient (Wildman–Crippen LogP) is 5.98. The van der Waals surface area contributed by atoms with Crippen LogP contribution in [0.2, 0.25) is 10.5 Å². The van der Waals surface area contributed by atoms with Crippen LogP contribution in [0.5, 0.6) is 0 Å². The van der Waals surface area contributed by atoms with Gasteiger partial charge in [-0.25, -0.2) is 0 Å². The van der Waals surface area contributed by atoms with Crippen molar-refractivity contribution in [2.75, 3.05) is 0 Å². The molecule has 0 atom stereocenters. The van der Waals surface area contributed by atoms with Gasteiger partial charge in [-0.05, 0) is 0 Å². The van der Waals surface area contributed by atoms with Crippen molar-refractivity contribution in [2.45, 2.75) is 24.4 Å². The van der Waals surface area contributed by atoms with E-state index in [0.29, 0.717) is 0 Å². The molecule has 0 aliphatic heterocycles. The molecule has 2 rings (SSSR count). The van der Waals surface area contributed by atoms with Crippen LogP contribution >= 0.6 is 0 Å². The SMILES string of the molecule is C[CH2][Ge](/[CH]=C/c1ccccc1)(/[CH]=C/c1ccccc1)[CH2]C. The second-order valence-electron chi connectivity index (χ2n) is 5.43. The number of hydrogen-bond acceptors (Lipinski definition) is 0. The van der Waals surface area contributed by atoms with Crippen LogP contribution < -0.4 is 0 Å². The number of hydrogen-bond donors (Lipinski definition) is 0. The van der Waals surface area contributed by atoms with Gasteiger partial charge in [-0.2, -0.15) is 0 Å². The van der Waals surface area contributed by atoms with Gasteiger partial charge in [0.15, 0.2) is 0 Å². The van der Waals surface area contributed by atoms with Gasteiger partial charge in [-0.1, -0.05) is 0 Å². The maximum absolute atomic E-state index is 2.54. The van der Waals surface area contributed by atoms with Crippen LogP contribution in [0, 0.1) is 0 Å². The Morgan fingerprint density at radius 2 is 1.05 bits per heavy atom. The average molecular weight is 337 g/mol. The molecule has 0 N–H and O–H groups in total. The van der Waals surface area contributed by atoms with Gasteiger partial charge in [0.05, 0.1) is 0 Å². The molecular formula is C20H24Ge. The van der Waals surface area contributed by atoms with Crippen LogP contribution in [0.3, 0.4) is 0 Å². The molecule has 0 aliphatic carbocycles. The Labute approximate surface area is 131 Å². The van der Waals surface area contributed by atoms with Crippen molar-refractivity contribution < 1.29 is 0 Å². The first-order chi connectivity index (χ1) is 10.3. The fourth-order valence-corrected chi connectivity index (χ4v) is 7.89. The zero-order valence-corrected chi connectivity index (χ0v) is 15.1. The summed E-state index contributed by atoms with van der Waals surface area (Å²) >= 11 is -2.03. The minimum absolute atomic E-state index is 1.29. The van der Waals surface area contributed by atoms with Crippen molar-refractivity contribution in [2.24, 2.45) is 0 Å². The van der Waals surface area contributed by atoms with Crippen molar-refractivity contribution in [3.8, 4) is 0 Å². The Kier molecular flexibility index (Phi) is 6.07. The zero-order chi connectivity index (χ0) is 15.0. The fourth-order valence-electron chi connectivity index (χ4n) is 2.43. The van der Waals surface area contributed by atoms with Gasteiger partial charge in [0.1, 0.15) is 0 Å². The van der Waals surface area contributed by atoms with E-state index in [2.05, 4.69) is 96.5 Å². The Morgan fingerprint density at radius 3 is 1.38 bits per heavy atom. The van der Waals surface area contributed by atoms with Gasteiger partial charge in [-0.3, -0.25) is 0 Å². The zero-order valence-electron chi connectivity index (χ0n) is 13.0. The molecule has 0 bridgehead atoms. The van der Waals surface area contributed by atoms with Crippen molar-refractivity contribution in [1.29, 1.82) is 0 Å². The van der Waals surface area contributed by atoms with Gasteiger partial charge in [0.25, 0.3) is 0 Å². The van der Waals surface area contributed by atoms with Crippen LogP contribution in [-0.4, -0.2) is 13.3 Å². The Bertz CT molecular complexity index is 526. The molecule has 0 spiro atoms. The van der Waals surface area contributed by atoms with Crippen molar-refractivity contribution in [3.63, 3.8) is 0 Å². The maximum atomic E-state index is 2.54. The van der Waals surface area contributed by atoms with Crippen LogP contribution in [0.25, 0.3) is 12.2 Å². The molecule has 0 saturated carbocycles. The van der Waals surface area contributed by atoms with Gasteiger partial charge in [0, 0.05) is 0 Å². The van der Waals surface area contributed by atoms with E-state index in [4.69, 9.17) is 0 Å². The summed E-state index contributed by atoms with van der Waals surface area (Å²) in [7, 11) is 0. The second kappa shape index (κ2) is 8.04. The summed E-state index contributed by atoms with van der Waals surface area (Å²) in [6.45, 7) is 4.68. The van der Waals surface area contributed by atoms with Crippen molar-refractivity contribution in [1.82, 2.24) is 0 Å². The topological polar surface area (TPSA) is 0 Å². The van der Waals surface area contributed by atoms with E-state index in [1.807, 2.05) is 0 Å². The van der Waals surface area contributed by atoms with E-state index in [1.54, 1.807) is 0 Å². The van der Waals surface area contributed by atoms with Crippen LogP contribution in [-0.2, 0) is 0 Å². The third-order valence-corrected chi connectivity index (χ3v) is 13.1. The van der Waals surface area contributed by atoms with Gasteiger partial charge in [0.2, 0.25) is 0 Å². The standard InChI is InChI=1S/C20H24Ge/c1-3-21(4-2,17-15-19-11-7-5-8-12-19)18-16-20-13-9-6-10-14-20/h5-18H,3-4H2,1-2H3/b17-15+,18-16+. The summed E-state index contributed by atoms with van der Waals surface area (Å²) in [6.07, 6.45) is 4.64. The molecule has 0 unspecified atom stereocenters. The van der Waals surface area contributed by atoms with Gasteiger partial charge >= 0.3 is 131 Å². The molecule has 0 nitrogen and oxygen atoms in total. The second-order valence-corrected chi connectivity index (χ2v) is 15.0. The Hall–Kier alpha value is -1.54. The molecule has 2 aromatic carbocycles. The molecule has 0 radical (unpaired) electrons.